The lowest BCUT2D eigenvalue weighted by atomic mass is 10.3. The molecule has 0 amide bonds. The predicted octanol–water partition coefficient (Wildman–Crippen LogP) is 2.60. The first-order chi connectivity index (χ1) is 8.17. The number of rotatable bonds is 7. The molecule has 0 saturated heterocycles. The Bertz CT molecular complexity index is 356. The van der Waals surface area contributed by atoms with Crippen molar-refractivity contribution in [3.63, 3.8) is 0 Å². The van der Waals surface area contributed by atoms with Gasteiger partial charge in [0.25, 0.3) is 5.69 Å². The number of hydrogen-bond acceptors (Lipinski definition) is 5. The maximum Gasteiger partial charge on any atom is 0.278 e. The van der Waals surface area contributed by atoms with Crippen molar-refractivity contribution in [3.05, 3.63) is 22.2 Å². The van der Waals surface area contributed by atoms with E-state index in [4.69, 9.17) is 4.74 Å². The van der Waals surface area contributed by atoms with Crippen LogP contribution in [-0.2, 0) is 0 Å². The molecule has 17 heavy (non-hydrogen) atoms. The Balaban J connectivity index is 2.88. The maximum absolute atomic E-state index is 10.7. The number of nitrogens with zero attached hydrogens (tertiary/aromatic N) is 2. The molecule has 6 heteroatoms. The third-order valence-corrected chi connectivity index (χ3v) is 2.01. The molecule has 0 atom stereocenters. The average Bonchev–Trinajstić information content (AvgIpc) is 2.33. The summed E-state index contributed by atoms with van der Waals surface area (Å²) < 4.78 is 5.31. The van der Waals surface area contributed by atoms with Gasteiger partial charge in [0.2, 0.25) is 5.88 Å². The van der Waals surface area contributed by atoms with Crippen LogP contribution in [0.5, 0.6) is 5.88 Å². The predicted molar refractivity (Wildman–Crippen MR) is 65.5 cm³/mol. The molecule has 0 aliphatic rings. The van der Waals surface area contributed by atoms with E-state index in [1.165, 1.54) is 12.1 Å². The lowest BCUT2D eigenvalue weighted by Crippen LogP contribution is -2.05. The number of pyridine rings is 1. The summed E-state index contributed by atoms with van der Waals surface area (Å²) in [5, 5.41) is 13.8. The number of anilines is 1. The SMILES string of the molecule is CCCNc1cc([N+](=O)[O-])cc(OCCC)n1. The number of hydrogen-bond donors (Lipinski definition) is 1. The van der Waals surface area contributed by atoms with Crippen molar-refractivity contribution in [2.24, 2.45) is 0 Å². The number of nitro groups is 1. The highest BCUT2D eigenvalue weighted by molar-refractivity contribution is 5.48. The smallest absolute Gasteiger partial charge is 0.278 e. The largest absolute Gasteiger partial charge is 0.477 e. The molecule has 0 saturated carbocycles. The van der Waals surface area contributed by atoms with Crippen LogP contribution in [0.3, 0.4) is 0 Å². The van der Waals surface area contributed by atoms with Crippen LogP contribution in [0.1, 0.15) is 26.7 Å². The molecule has 1 rings (SSSR count). The van der Waals surface area contributed by atoms with Gasteiger partial charge in [-0.05, 0) is 12.8 Å². The van der Waals surface area contributed by atoms with Crippen molar-refractivity contribution in [1.29, 1.82) is 0 Å². The molecule has 0 radical (unpaired) electrons. The minimum Gasteiger partial charge on any atom is -0.477 e. The number of nitrogens with one attached hydrogen (secondary N) is 1. The normalized spacial score (nSPS) is 10.0. The summed E-state index contributed by atoms with van der Waals surface area (Å²) in [7, 11) is 0. The molecule has 0 aromatic carbocycles. The molecule has 1 heterocycles. The van der Waals surface area contributed by atoms with Crippen LogP contribution in [0.25, 0.3) is 0 Å². The van der Waals surface area contributed by atoms with Crippen LogP contribution in [0.15, 0.2) is 12.1 Å². The van der Waals surface area contributed by atoms with Gasteiger partial charge in [-0.25, -0.2) is 0 Å². The van der Waals surface area contributed by atoms with Crippen molar-refractivity contribution in [2.75, 3.05) is 18.5 Å². The van der Waals surface area contributed by atoms with Crippen LogP contribution in [0, 0.1) is 10.1 Å². The van der Waals surface area contributed by atoms with Gasteiger partial charge in [-0.15, -0.1) is 0 Å². The third-order valence-electron chi connectivity index (χ3n) is 2.01. The van der Waals surface area contributed by atoms with Gasteiger partial charge in [0, 0.05) is 6.54 Å². The number of ether oxygens (including phenoxy) is 1. The molecular weight excluding hydrogens is 222 g/mol. The highest BCUT2D eigenvalue weighted by atomic mass is 16.6. The zero-order chi connectivity index (χ0) is 12.7. The second kappa shape index (κ2) is 6.67. The van der Waals surface area contributed by atoms with Crippen LogP contribution in [-0.4, -0.2) is 23.1 Å². The van der Waals surface area contributed by atoms with E-state index in [0.29, 0.717) is 18.3 Å². The first-order valence-corrected chi connectivity index (χ1v) is 5.70. The van der Waals surface area contributed by atoms with Gasteiger partial charge in [0.05, 0.1) is 23.7 Å². The first kappa shape index (κ1) is 13.2. The fourth-order valence-electron chi connectivity index (χ4n) is 1.22. The molecular formula is C11H17N3O3. The van der Waals surface area contributed by atoms with E-state index in [1.54, 1.807) is 0 Å². The van der Waals surface area contributed by atoms with E-state index in [0.717, 1.165) is 19.4 Å². The van der Waals surface area contributed by atoms with E-state index in [2.05, 4.69) is 10.3 Å². The maximum atomic E-state index is 10.7. The Morgan fingerprint density at radius 3 is 2.76 bits per heavy atom. The Morgan fingerprint density at radius 1 is 1.41 bits per heavy atom. The summed E-state index contributed by atoms with van der Waals surface area (Å²) in [6.45, 7) is 5.20. The summed E-state index contributed by atoms with van der Waals surface area (Å²) >= 11 is 0. The Kier molecular flexibility index (Phi) is 5.19. The molecule has 1 aromatic heterocycles. The molecule has 0 bridgehead atoms. The molecule has 0 unspecified atom stereocenters. The zero-order valence-corrected chi connectivity index (χ0v) is 10.1. The van der Waals surface area contributed by atoms with E-state index < -0.39 is 4.92 Å². The van der Waals surface area contributed by atoms with Gasteiger partial charge in [-0.3, -0.25) is 10.1 Å². The van der Waals surface area contributed by atoms with Crippen molar-refractivity contribution in [3.8, 4) is 5.88 Å². The van der Waals surface area contributed by atoms with Gasteiger partial charge in [-0.2, -0.15) is 4.98 Å². The second-order valence-corrected chi connectivity index (χ2v) is 3.58. The van der Waals surface area contributed by atoms with Crippen molar-refractivity contribution >= 4 is 11.5 Å². The zero-order valence-electron chi connectivity index (χ0n) is 10.1. The topological polar surface area (TPSA) is 77.3 Å². The minimum absolute atomic E-state index is 0.00953. The second-order valence-electron chi connectivity index (χ2n) is 3.58. The van der Waals surface area contributed by atoms with Crippen molar-refractivity contribution < 1.29 is 9.66 Å². The van der Waals surface area contributed by atoms with Crippen LogP contribution >= 0.6 is 0 Å². The monoisotopic (exact) mass is 239 g/mol. The molecule has 6 nitrogen and oxygen atoms in total. The lowest BCUT2D eigenvalue weighted by molar-refractivity contribution is -0.384. The highest BCUT2D eigenvalue weighted by Gasteiger charge is 2.11. The Morgan fingerprint density at radius 2 is 2.18 bits per heavy atom. The molecule has 0 aliphatic carbocycles. The molecule has 0 spiro atoms. The van der Waals surface area contributed by atoms with E-state index in [9.17, 15) is 10.1 Å². The van der Waals surface area contributed by atoms with Gasteiger partial charge >= 0.3 is 0 Å². The summed E-state index contributed by atoms with van der Waals surface area (Å²) in [5.74, 6) is 0.770. The van der Waals surface area contributed by atoms with Gasteiger partial charge in [-0.1, -0.05) is 13.8 Å². The summed E-state index contributed by atoms with van der Waals surface area (Å²) in [6.07, 6.45) is 1.76. The molecule has 94 valence electrons. The minimum atomic E-state index is -0.447. The lowest BCUT2D eigenvalue weighted by Gasteiger charge is -2.07. The fraction of sp³-hybridized carbons (Fsp3) is 0.545. The molecule has 1 aromatic rings. The summed E-state index contributed by atoms with van der Waals surface area (Å²) in [6, 6.07) is 2.75. The van der Waals surface area contributed by atoms with E-state index in [1.807, 2.05) is 13.8 Å². The highest BCUT2D eigenvalue weighted by Crippen LogP contribution is 2.22. The van der Waals surface area contributed by atoms with Crippen molar-refractivity contribution in [1.82, 2.24) is 4.98 Å². The van der Waals surface area contributed by atoms with Crippen molar-refractivity contribution in [2.45, 2.75) is 26.7 Å². The Hall–Kier alpha value is -1.85. The standard InChI is InChI=1S/C11H17N3O3/c1-3-5-12-10-7-9(14(15)16)8-11(13-10)17-6-4-2/h7-8H,3-6H2,1-2H3,(H,12,13). The third kappa shape index (κ3) is 4.26. The van der Waals surface area contributed by atoms with Gasteiger partial charge < -0.3 is 10.1 Å². The molecule has 0 aliphatic heterocycles. The fourth-order valence-corrected chi connectivity index (χ4v) is 1.22. The quantitative estimate of drug-likeness (QED) is 0.584. The average molecular weight is 239 g/mol. The summed E-state index contributed by atoms with van der Waals surface area (Å²) in [5.41, 5.74) is -0.00953. The number of aromatic nitrogens is 1. The van der Waals surface area contributed by atoms with Gasteiger partial charge in [0.15, 0.2) is 0 Å². The van der Waals surface area contributed by atoms with E-state index in [-0.39, 0.29) is 5.69 Å². The Labute approximate surface area is 100 Å². The molecule has 1 N–H and O–H groups in total. The summed E-state index contributed by atoms with van der Waals surface area (Å²) in [4.78, 5) is 14.5. The molecule has 0 fully saturated rings. The van der Waals surface area contributed by atoms with Crippen LogP contribution in [0.4, 0.5) is 11.5 Å². The first-order valence-electron chi connectivity index (χ1n) is 5.70. The van der Waals surface area contributed by atoms with Crippen LogP contribution in [0.2, 0.25) is 0 Å². The van der Waals surface area contributed by atoms with Gasteiger partial charge in [0.1, 0.15) is 5.82 Å². The van der Waals surface area contributed by atoms with E-state index >= 15 is 0 Å². The van der Waals surface area contributed by atoms with Crippen LogP contribution < -0.4 is 10.1 Å².